The quantitative estimate of drug-likeness (QED) is 0.401. The monoisotopic (exact) mass is 422 g/mol. The fraction of sp³-hybridized carbons (Fsp3) is 0.227. The molecular weight excluding hydrogens is 400 g/mol. The predicted molar refractivity (Wildman–Crippen MR) is 115 cm³/mol. The van der Waals surface area contributed by atoms with Crippen LogP contribution in [0.15, 0.2) is 75.0 Å². The van der Waals surface area contributed by atoms with Crippen molar-refractivity contribution in [3.63, 3.8) is 0 Å². The minimum absolute atomic E-state index is 0.107. The van der Waals surface area contributed by atoms with E-state index in [2.05, 4.69) is 29.4 Å². The van der Waals surface area contributed by atoms with Crippen LogP contribution in [0.4, 0.5) is 5.69 Å². The van der Waals surface area contributed by atoms with Crippen LogP contribution in [0.25, 0.3) is 11.6 Å². The number of aromatic nitrogens is 3. The number of nitrogens with zero attached hydrogens (tertiary/aromatic N) is 3. The van der Waals surface area contributed by atoms with Crippen molar-refractivity contribution in [3.05, 3.63) is 72.4 Å². The third-order valence-corrected chi connectivity index (χ3v) is 5.51. The van der Waals surface area contributed by atoms with Crippen molar-refractivity contribution in [1.29, 1.82) is 0 Å². The number of thioether (sulfide) groups is 1. The Morgan fingerprint density at radius 2 is 1.83 bits per heavy atom. The molecule has 0 atom stereocenters. The summed E-state index contributed by atoms with van der Waals surface area (Å²) in [6, 6.07) is 15.2. The van der Waals surface area contributed by atoms with Crippen molar-refractivity contribution in [2.24, 2.45) is 0 Å². The Bertz CT molecular complexity index is 1080. The van der Waals surface area contributed by atoms with Crippen molar-refractivity contribution >= 4 is 23.4 Å². The third kappa shape index (κ3) is 4.65. The summed E-state index contributed by atoms with van der Waals surface area (Å²) >= 11 is 1.32. The van der Waals surface area contributed by atoms with Crippen LogP contribution in [0.5, 0.6) is 0 Å². The summed E-state index contributed by atoms with van der Waals surface area (Å²) < 4.78 is 12.8. The Morgan fingerprint density at radius 1 is 1.07 bits per heavy atom. The smallest absolute Gasteiger partial charge is 0.234 e. The molecule has 0 saturated carbocycles. The molecule has 4 rings (SSSR count). The minimum Gasteiger partial charge on any atom is -0.467 e. The molecule has 1 amide bonds. The van der Waals surface area contributed by atoms with Gasteiger partial charge in [-0.15, -0.1) is 10.2 Å². The molecule has 0 aliphatic heterocycles. The summed E-state index contributed by atoms with van der Waals surface area (Å²) in [6.45, 7) is 4.72. The van der Waals surface area contributed by atoms with E-state index in [1.54, 1.807) is 18.6 Å². The zero-order valence-electron chi connectivity index (χ0n) is 16.7. The molecule has 3 heterocycles. The molecule has 0 saturated heterocycles. The van der Waals surface area contributed by atoms with E-state index < -0.39 is 0 Å². The fourth-order valence-electron chi connectivity index (χ4n) is 2.96. The molecule has 0 spiro atoms. The second-order valence-corrected chi connectivity index (χ2v) is 8.01. The van der Waals surface area contributed by atoms with Crippen LogP contribution in [0.1, 0.15) is 31.1 Å². The van der Waals surface area contributed by atoms with Crippen LogP contribution < -0.4 is 5.32 Å². The Balaban J connectivity index is 1.45. The Morgan fingerprint density at radius 3 is 2.50 bits per heavy atom. The average Bonchev–Trinajstić information content (AvgIpc) is 3.50. The highest BCUT2D eigenvalue weighted by Crippen LogP contribution is 2.26. The summed E-state index contributed by atoms with van der Waals surface area (Å²) in [5.74, 6) is 2.51. The summed E-state index contributed by atoms with van der Waals surface area (Å²) in [4.78, 5) is 12.4. The molecule has 0 aliphatic carbocycles. The summed E-state index contributed by atoms with van der Waals surface area (Å²) in [7, 11) is 0. The second kappa shape index (κ2) is 9.04. The summed E-state index contributed by atoms with van der Waals surface area (Å²) in [5, 5.41) is 12.0. The highest BCUT2D eigenvalue weighted by Gasteiger charge is 2.18. The number of rotatable bonds is 8. The van der Waals surface area contributed by atoms with Gasteiger partial charge in [-0.3, -0.25) is 9.36 Å². The molecular formula is C22H22N4O3S. The Hall–Kier alpha value is -3.26. The van der Waals surface area contributed by atoms with E-state index in [0.717, 1.165) is 11.4 Å². The molecule has 0 fully saturated rings. The standard InChI is InChI=1S/C22H22N4O3S/c1-15(2)16-7-9-17(10-8-16)23-20(27)14-30-22-25-24-21(19-6-4-12-29-19)26(22)13-18-5-3-11-28-18/h3-12,15H,13-14H2,1-2H3,(H,23,27). The molecule has 1 N–H and O–H groups in total. The number of carbonyl (C=O) groups excluding carboxylic acids is 1. The van der Waals surface area contributed by atoms with Crippen LogP contribution in [0, 0.1) is 0 Å². The predicted octanol–water partition coefficient (Wildman–Crippen LogP) is 5.03. The largest absolute Gasteiger partial charge is 0.467 e. The number of amides is 1. The maximum Gasteiger partial charge on any atom is 0.234 e. The van der Waals surface area contributed by atoms with Crippen LogP contribution in [-0.4, -0.2) is 26.4 Å². The maximum absolute atomic E-state index is 12.4. The van der Waals surface area contributed by atoms with Gasteiger partial charge in [0.15, 0.2) is 10.9 Å². The highest BCUT2D eigenvalue weighted by molar-refractivity contribution is 7.99. The number of anilines is 1. The number of hydrogen-bond acceptors (Lipinski definition) is 6. The van der Waals surface area contributed by atoms with Crippen molar-refractivity contribution < 1.29 is 13.6 Å². The van der Waals surface area contributed by atoms with Crippen LogP contribution in [0.3, 0.4) is 0 Å². The van der Waals surface area contributed by atoms with Gasteiger partial charge in [-0.2, -0.15) is 0 Å². The maximum atomic E-state index is 12.4. The second-order valence-electron chi connectivity index (χ2n) is 7.06. The third-order valence-electron chi connectivity index (χ3n) is 4.55. The lowest BCUT2D eigenvalue weighted by Crippen LogP contribution is -2.14. The lowest BCUT2D eigenvalue weighted by atomic mass is 10.0. The summed E-state index contributed by atoms with van der Waals surface area (Å²) in [5.41, 5.74) is 2.01. The van der Waals surface area contributed by atoms with Gasteiger partial charge in [-0.05, 0) is 47.9 Å². The Labute approximate surface area is 178 Å². The van der Waals surface area contributed by atoms with E-state index >= 15 is 0 Å². The molecule has 0 bridgehead atoms. The van der Waals surface area contributed by atoms with Gasteiger partial charge < -0.3 is 14.2 Å². The van der Waals surface area contributed by atoms with Crippen molar-refractivity contribution in [3.8, 4) is 11.6 Å². The molecule has 3 aromatic heterocycles. The zero-order chi connectivity index (χ0) is 20.9. The van der Waals surface area contributed by atoms with Crippen LogP contribution >= 0.6 is 11.8 Å². The van der Waals surface area contributed by atoms with E-state index in [4.69, 9.17) is 8.83 Å². The molecule has 1 aromatic carbocycles. The van der Waals surface area contributed by atoms with Gasteiger partial charge in [0.2, 0.25) is 11.7 Å². The van der Waals surface area contributed by atoms with Gasteiger partial charge in [0.1, 0.15) is 5.76 Å². The normalized spacial score (nSPS) is 11.2. The number of carbonyl (C=O) groups is 1. The van der Waals surface area contributed by atoms with Gasteiger partial charge in [-0.1, -0.05) is 37.7 Å². The van der Waals surface area contributed by atoms with Crippen molar-refractivity contribution in [2.45, 2.75) is 31.5 Å². The fourth-order valence-corrected chi connectivity index (χ4v) is 3.70. The molecule has 8 heteroatoms. The molecule has 0 unspecified atom stereocenters. The van der Waals surface area contributed by atoms with Gasteiger partial charge >= 0.3 is 0 Å². The average molecular weight is 423 g/mol. The first kappa shape index (κ1) is 20.0. The summed E-state index contributed by atoms with van der Waals surface area (Å²) in [6.07, 6.45) is 3.21. The van der Waals surface area contributed by atoms with Gasteiger partial charge in [0.05, 0.1) is 24.8 Å². The van der Waals surface area contributed by atoms with E-state index in [0.29, 0.717) is 29.2 Å². The molecule has 0 aliphatic rings. The first-order chi connectivity index (χ1) is 14.6. The number of hydrogen-bond donors (Lipinski definition) is 1. The molecule has 0 radical (unpaired) electrons. The lowest BCUT2D eigenvalue weighted by molar-refractivity contribution is -0.113. The topological polar surface area (TPSA) is 86.1 Å². The number of nitrogens with one attached hydrogen (secondary N) is 1. The van der Waals surface area contributed by atoms with Gasteiger partial charge in [0.25, 0.3) is 0 Å². The number of benzene rings is 1. The van der Waals surface area contributed by atoms with Crippen molar-refractivity contribution in [1.82, 2.24) is 14.8 Å². The lowest BCUT2D eigenvalue weighted by Gasteiger charge is -2.09. The van der Waals surface area contributed by atoms with E-state index in [9.17, 15) is 4.79 Å². The zero-order valence-corrected chi connectivity index (χ0v) is 17.6. The molecule has 154 valence electrons. The minimum atomic E-state index is -0.107. The SMILES string of the molecule is CC(C)c1ccc(NC(=O)CSc2nnc(-c3ccco3)n2Cc2ccco2)cc1. The first-order valence-electron chi connectivity index (χ1n) is 9.62. The van der Waals surface area contributed by atoms with E-state index in [1.165, 1.54) is 17.3 Å². The van der Waals surface area contributed by atoms with Crippen LogP contribution in [0.2, 0.25) is 0 Å². The van der Waals surface area contributed by atoms with Gasteiger partial charge in [-0.25, -0.2) is 0 Å². The Kier molecular flexibility index (Phi) is 6.04. The van der Waals surface area contributed by atoms with Gasteiger partial charge in [0, 0.05) is 5.69 Å². The van der Waals surface area contributed by atoms with Crippen LogP contribution in [-0.2, 0) is 11.3 Å². The highest BCUT2D eigenvalue weighted by atomic mass is 32.2. The number of furan rings is 2. The molecule has 30 heavy (non-hydrogen) atoms. The first-order valence-corrected chi connectivity index (χ1v) is 10.6. The van der Waals surface area contributed by atoms with E-state index in [-0.39, 0.29) is 11.7 Å². The molecule has 7 nitrogen and oxygen atoms in total. The molecule has 4 aromatic rings. The van der Waals surface area contributed by atoms with Crippen molar-refractivity contribution in [2.75, 3.05) is 11.1 Å². The van der Waals surface area contributed by atoms with E-state index in [1.807, 2.05) is 47.0 Å².